The summed E-state index contributed by atoms with van der Waals surface area (Å²) in [5.74, 6) is 1.65. The molecule has 0 spiro atoms. The highest BCUT2D eigenvalue weighted by atomic mass is 16.5. The third kappa shape index (κ3) is 5.16. The zero-order valence-corrected chi connectivity index (χ0v) is 15.8. The van der Waals surface area contributed by atoms with Crippen molar-refractivity contribution in [2.45, 2.75) is 33.2 Å². The van der Waals surface area contributed by atoms with E-state index in [1.165, 1.54) is 5.57 Å². The van der Waals surface area contributed by atoms with Crippen LogP contribution in [0.15, 0.2) is 50.7 Å². The van der Waals surface area contributed by atoms with E-state index in [2.05, 4.69) is 43.6 Å². The van der Waals surface area contributed by atoms with E-state index in [1.807, 2.05) is 25.3 Å². The van der Waals surface area contributed by atoms with Gasteiger partial charge in [0.05, 0.1) is 19.4 Å². The van der Waals surface area contributed by atoms with E-state index in [-0.39, 0.29) is 6.01 Å². The maximum absolute atomic E-state index is 5.47. The Morgan fingerprint density at radius 3 is 2.85 bits per heavy atom. The fourth-order valence-corrected chi connectivity index (χ4v) is 2.64. The molecule has 1 aliphatic rings. The van der Waals surface area contributed by atoms with Crippen molar-refractivity contribution in [3.63, 3.8) is 0 Å². The van der Waals surface area contributed by atoms with Crippen molar-refractivity contribution in [2.75, 3.05) is 24.3 Å². The van der Waals surface area contributed by atoms with Gasteiger partial charge >= 0.3 is 6.01 Å². The second-order valence-corrected chi connectivity index (χ2v) is 6.05. The third-order valence-corrected chi connectivity index (χ3v) is 4.02. The molecule has 3 rings (SSSR count). The van der Waals surface area contributed by atoms with Crippen molar-refractivity contribution in [1.29, 1.82) is 0 Å². The minimum absolute atomic E-state index is 0.274. The van der Waals surface area contributed by atoms with E-state index in [0.717, 1.165) is 29.9 Å². The summed E-state index contributed by atoms with van der Waals surface area (Å²) in [5, 5.41) is 6.42. The van der Waals surface area contributed by atoms with Gasteiger partial charge in [0.1, 0.15) is 5.76 Å². The molecule has 2 N–H and O–H groups in total. The van der Waals surface area contributed by atoms with Crippen LogP contribution in [0.1, 0.15) is 32.4 Å². The van der Waals surface area contributed by atoms with Crippen molar-refractivity contribution in [1.82, 2.24) is 15.0 Å². The lowest BCUT2D eigenvalue weighted by Crippen LogP contribution is -2.12. The molecule has 0 radical (unpaired) electrons. The highest BCUT2D eigenvalue weighted by molar-refractivity contribution is 5.84. The monoisotopic (exact) mass is 368 g/mol. The normalized spacial score (nSPS) is 14.4. The molecular formula is C19H24N6O2. The molecule has 27 heavy (non-hydrogen) atoms. The van der Waals surface area contributed by atoms with E-state index in [0.29, 0.717) is 25.0 Å². The highest BCUT2D eigenvalue weighted by Gasteiger charge is 2.13. The molecule has 0 amide bonds. The predicted octanol–water partition coefficient (Wildman–Crippen LogP) is 3.58. The number of nitrogens with zero attached hydrogens (tertiary/aromatic N) is 4. The van der Waals surface area contributed by atoms with Crippen LogP contribution in [-0.2, 0) is 6.54 Å². The number of aliphatic imine (C=N–C) groups is 1. The molecule has 2 aromatic heterocycles. The molecule has 1 aliphatic carbocycles. The predicted molar refractivity (Wildman–Crippen MR) is 105 cm³/mol. The van der Waals surface area contributed by atoms with Gasteiger partial charge in [-0.15, -0.1) is 0 Å². The lowest BCUT2D eigenvalue weighted by atomic mass is 9.97. The Morgan fingerprint density at radius 1 is 1.26 bits per heavy atom. The third-order valence-electron chi connectivity index (χ3n) is 4.02. The Kier molecular flexibility index (Phi) is 6.19. The average Bonchev–Trinajstić information content (AvgIpc) is 3.17. The molecule has 0 bridgehead atoms. The maximum atomic E-state index is 5.47. The number of nitrogens with one attached hydrogen (secondary N) is 2. The molecule has 142 valence electrons. The topological polar surface area (TPSA) is 97.5 Å². The number of anilines is 2. The summed E-state index contributed by atoms with van der Waals surface area (Å²) >= 11 is 0. The van der Waals surface area contributed by atoms with Gasteiger partial charge in [-0.3, -0.25) is 4.99 Å². The molecule has 8 heteroatoms. The molecule has 2 aromatic rings. The Bertz CT molecular complexity index is 855. The molecule has 0 aromatic carbocycles. The fraction of sp³-hybridized carbons (Fsp3) is 0.368. The van der Waals surface area contributed by atoms with Crippen LogP contribution in [0.3, 0.4) is 0 Å². The minimum Gasteiger partial charge on any atom is -0.467 e. The first kappa shape index (κ1) is 18.6. The zero-order valence-electron chi connectivity index (χ0n) is 15.8. The van der Waals surface area contributed by atoms with Crippen molar-refractivity contribution in [3.8, 4) is 6.01 Å². The average molecular weight is 368 g/mol. The Labute approximate surface area is 158 Å². The quantitative estimate of drug-likeness (QED) is 0.687. The maximum Gasteiger partial charge on any atom is 0.323 e. The van der Waals surface area contributed by atoms with Crippen molar-refractivity contribution >= 4 is 18.1 Å². The summed E-state index contributed by atoms with van der Waals surface area (Å²) in [6.45, 7) is 4.96. The van der Waals surface area contributed by atoms with Gasteiger partial charge in [-0.2, -0.15) is 15.0 Å². The van der Waals surface area contributed by atoms with E-state index in [9.17, 15) is 0 Å². The summed E-state index contributed by atoms with van der Waals surface area (Å²) in [6, 6.07) is 4.00. The van der Waals surface area contributed by atoms with Crippen LogP contribution >= 0.6 is 0 Å². The smallest absolute Gasteiger partial charge is 0.323 e. The molecule has 0 aliphatic heterocycles. The van der Waals surface area contributed by atoms with Gasteiger partial charge in [-0.25, -0.2) is 0 Å². The van der Waals surface area contributed by atoms with Gasteiger partial charge in [0, 0.05) is 19.0 Å². The van der Waals surface area contributed by atoms with Crippen LogP contribution in [0.2, 0.25) is 0 Å². The Balaban J connectivity index is 1.78. The van der Waals surface area contributed by atoms with Gasteiger partial charge in [-0.1, -0.05) is 5.57 Å². The number of hydrogen-bond acceptors (Lipinski definition) is 8. The van der Waals surface area contributed by atoms with Crippen molar-refractivity contribution in [3.05, 3.63) is 47.1 Å². The van der Waals surface area contributed by atoms with Crippen molar-refractivity contribution < 1.29 is 9.15 Å². The summed E-state index contributed by atoms with van der Waals surface area (Å²) in [4.78, 5) is 17.2. The second-order valence-electron chi connectivity index (χ2n) is 6.05. The summed E-state index contributed by atoms with van der Waals surface area (Å²) in [7, 11) is 1.77. The number of hydrogen-bond donors (Lipinski definition) is 2. The van der Waals surface area contributed by atoms with Crippen LogP contribution < -0.4 is 15.4 Å². The molecule has 0 fully saturated rings. The molecule has 0 atom stereocenters. The van der Waals surface area contributed by atoms with Crippen molar-refractivity contribution in [2.24, 2.45) is 4.99 Å². The van der Waals surface area contributed by atoms with Crippen LogP contribution in [-0.4, -0.2) is 34.8 Å². The number of allylic oxidation sites excluding steroid dienone is 4. The highest BCUT2D eigenvalue weighted by Crippen LogP contribution is 2.24. The fourth-order valence-electron chi connectivity index (χ4n) is 2.64. The molecule has 8 nitrogen and oxygen atoms in total. The number of ether oxygens (including phenoxy) is 1. The van der Waals surface area contributed by atoms with Gasteiger partial charge < -0.3 is 19.8 Å². The molecular weight excluding hydrogens is 344 g/mol. The van der Waals surface area contributed by atoms with Gasteiger partial charge in [-0.05, 0) is 50.5 Å². The lowest BCUT2D eigenvalue weighted by molar-refractivity contribution is 0.312. The molecule has 2 heterocycles. The first-order chi connectivity index (χ1) is 13.2. The zero-order chi connectivity index (χ0) is 19.1. The summed E-state index contributed by atoms with van der Waals surface area (Å²) in [5.41, 5.74) is 3.46. The standard InChI is InChI=1S/C19H24N6O2/c1-4-26-19-24-17(21-12-16-6-5-9-27-16)23-18(25-19)22-15-8-7-13(2)14(10-15)11-20-3/h5-6,9-11H,4,7-8,12H2,1-3H3,(H2,21,22,23,24,25)/b20-11-. The van der Waals surface area contributed by atoms with Gasteiger partial charge in [0.2, 0.25) is 11.9 Å². The largest absolute Gasteiger partial charge is 0.467 e. The SMILES string of the molecule is CCOc1nc(NCc2ccco2)nc(NC2=CC(/C=N\C)=C(C)CC2)n1. The van der Waals surface area contributed by atoms with Crippen LogP contribution in [0.25, 0.3) is 0 Å². The van der Waals surface area contributed by atoms with Gasteiger partial charge in [0.15, 0.2) is 0 Å². The molecule has 0 unspecified atom stereocenters. The number of furan rings is 1. The first-order valence-corrected chi connectivity index (χ1v) is 8.92. The van der Waals surface area contributed by atoms with E-state index in [4.69, 9.17) is 9.15 Å². The minimum atomic E-state index is 0.274. The Hall–Kier alpha value is -3.16. The summed E-state index contributed by atoms with van der Waals surface area (Å²) in [6.07, 6.45) is 7.42. The van der Waals surface area contributed by atoms with Crippen LogP contribution in [0.5, 0.6) is 6.01 Å². The number of aromatic nitrogens is 3. The Morgan fingerprint density at radius 2 is 2.11 bits per heavy atom. The van der Waals surface area contributed by atoms with E-state index >= 15 is 0 Å². The van der Waals surface area contributed by atoms with Crippen LogP contribution in [0, 0.1) is 0 Å². The van der Waals surface area contributed by atoms with E-state index in [1.54, 1.807) is 13.3 Å². The lowest BCUT2D eigenvalue weighted by Gasteiger charge is -2.17. The molecule has 0 saturated carbocycles. The van der Waals surface area contributed by atoms with Crippen LogP contribution in [0.4, 0.5) is 11.9 Å². The second kappa shape index (κ2) is 8.98. The van der Waals surface area contributed by atoms with E-state index < -0.39 is 0 Å². The summed E-state index contributed by atoms with van der Waals surface area (Å²) < 4.78 is 10.8. The first-order valence-electron chi connectivity index (χ1n) is 8.92. The number of rotatable bonds is 8. The van der Waals surface area contributed by atoms with Gasteiger partial charge in [0.25, 0.3) is 0 Å². The molecule has 0 saturated heterocycles.